The molecule has 2 nitrogen and oxygen atoms in total. The fraction of sp³-hybridized carbons (Fsp3) is 0.611. The minimum Gasteiger partial charge on any atom is -0.325 e. The molecule has 23 heavy (non-hydrogen) atoms. The fourth-order valence-electron chi connectivity index (χ4n) is 3.28. The van der Waals surface area contributed by atoms with Crippen molar-refractivity contribution >= 4 is 11.6 Å². The number of alkyl halides is 3. The molecule has 2 rings (SSSR count). The molecule has 0 saturated heterocycles. The monoisotopic (exact) mass is 327 g/mol. The first-order chi connectivity index (χ1) is 10.9. The molecule has 5 heteroatoms. The second-order valence-electron chi connectivity index (χ2n) is 6.39. The molecular weight excluding hydrogens is 303 g/mol. The minimum absolute atomic E-state index is 0.141. The van der Waals surface area contributed by atoms with Crippen LogP contribution in [0.1, 0.15) is 57.4 Å². The van der Waals surface area contributed by atoms with E-state index in [2.05, 4.69) is 12.2 Å². The van der Waals surface area contributed by atoms with Crippen LogP contribution in [0.2, 0.25) is 0 Å². The van der Waals surface area contributed by atoms with Crippen LogP contribution in [0.5, 0.6) is 0 Å². The van der Waals surface area contributed by atoms with Gasteiger partial charge in [-0.3, -0.25) is 4.79 Å². The first-order valence-electron chi connectivity index (χ1n) is 8.39. The summed E-state index contributed by atoms with van der Waals surface area (Å²) in [6.07, 6.45) is 2.67. The molecule has 1 aliphatic rings. The lowest BCUT2D eigenvalue weighted by Gasteiger charge is -2.28. The Morgan fingerprint density at radius 2 is 1.83 bits per heavy atom. The van der Waals surface area contributed by atoms with E-state index in [0.717, 1.165) is 31.7 Å². The number of para-hydroxylation sites is 1. The van der Waals surface area contributed by atoms with Crippen LogP contribution in [-0.4, -0.2) is 5.91 Å². The summed E-state index contributed by atoms with van der Waals surface area (Å²) in [5.74, 6) is 0.214. The molecule has 0 aliphatic heterocycles. The lowest BCUT2D eigenvalue weighted by molar-refractivity contribution is -0.137. The van der Waals surface area contributed by atoms with Crippen LogP contribution in [0.25, 0.3) is 0 Å². The molecular formula is C18H24F3NO. The highest BCUT2D eigenvalue weighted by atomic mass is 19.4. The number of halogens is 3. The Bertz CT molecular complexity index is 519. The molecule has 0 heterocycles. The molecule has 1 N–H and O–H groups in total. The topological polar surface area (TPSA) is 29.1 Å². The third kappa shape index (κ3) is 4.98. The van der Waals surface area contributed by atoms with Crippen LogP contribution < -0.4 is 5.32 Å². The Morgan fingerprint density at radius 1 is 1.17 bits per heavy atom. The Hall–Kier alpha value is -1.52. The number of hydrogen-bond acceptors (Lipinski definition) is 1. The molecule has 0 aromatic heterocycles. The zero-order chi connectivity index (χ0) is 16.9. The number of nitrogens with one attached hydrogen (secondary N) is 1. The number of hydrogen-bond donors (Lipinski definition) is 1. The lowest BCUT2D eigenvalue weighted by Crippen LogP contribution is -2.28. The van der Waals surface area contributed by atoms with E-state index in [1.807, 2.05) is 0 Å². The lowest BCUT2D eigenvalue weighted by atomic mass is 9.79. The highest BCUT2D eigenvalue weighted by Gasteiger charge is 2.34. The summed E-state index contributed by atoms with van der Waals surface area (Å²) in [5, 5.41) is 2.49. The Balaban J connectivity index is 1.94. The predicted molar refractivity (Wildman–Crippen MR) is 85.0 cm³/mol. The third-order valence-electron chi connectivity index (χ3n) is 4.67. The summed E-state index contributed by atoms with van der Waals surface area (Å²) in [7, 11) is 0. The van der Waals surface area contributed by atoms with E-state index in [0.29, 0.717) is 5.92 Å². The van der Waals surface area contributed by atoms with Gasteiger partial charge in [-0.25, -0.2) is 0 Å². The number of rotatable bonds is 5. The van der Waals surface area contributed by atoms with Crippen molar-refractivity contribution in [1.29, 1.82) is 0 Å². The first kappa shape index (κ1) is 17.8. The van der Waals surface area contributed by atoms with Crippen LogP contribution in [-0.2, 0) is 11.0 Å². The second kappa shape index (κ2) is 7.84. The van der Waals surface area contributed by atoms with Crippen molar-refractivity contribution < 1.29 is 18.0 Å². The van der Waals surface area contributed by atoms with Gasteiger partial charge in [0.2, 0.25) is 5.91 Å². The molecule has 0 bridgehead atoms. The maximum Gasteiger partial charge on any atom is 0.418 e. The van der Waals surface area contributed by atoms with E-state index in [9.17, 15) is 18.0 Å². The summed E-state index contributed by atoms with van der Waals surface area (Å²) in [6.45, 7) is 2.16. The predicted octanol–water partition coefficient (Wildman–Crippen LogP) is 5.64. The Morgan fingerprint density at radius 3 is 2.43 bits per heavy atom. The quantitative estimate of drug-likeness (QED) is 0.745. The summed E-state index contributed by atoms with van der Waals surface area (Å²) in [6, 6.07) is 5.15. The second-order valence-corrected chi connectivity index (χ2v) is 6.39. The normalized spacial score (nSPS) is 21.9. The highest BCUT2D eigenvalue weighted by Crippen LogP contribution is 2.36. The van der Waals surface area contributed by atoms with Gasteiger partial charge in [0.25, 0.3) is 0 Å². The molecule has 1 amide bonds. The van der Waals surface area contributed by atoms with E-state index < -0.39 is 11.7 Å². The zero-order valence-corrected chi connectivity index (χ0v) is 13.5. The molecule has 0 unspecified atom stereocenters. The number of benzene rings is 1. The average Bonchev–Trinajstić information content (AvgIpc) is 2.53. The number of carbonyl (C=O) groups is 1. The van der Waals surface area contributed by atoms with E-state index in [-0.39, 0.29) is 17.5 Å². The SMILES string of the molecule is CCCCC1CCC(C(=O)Nc2ccccc2C(F)(F)F)CC1. The van der Waals surface area contributed by atoms with Gasteiger partial charge >= 0.3 is 6.18 Å². The summed E-state index contributed by atoms with van der Waals surface area (Å²) in [4.78, 5) is 12.3. The van der Waals surface area contributed by atoms with Crippen molar-refractivity contribution in [2.45, 2.75) is 58.0 Å². The fourth-order valence-corrected chi connectivity index (χ4v) is 3.28. The van der Waals surface area contributed by atoms with Crippen LogP contribution >= 0.6 is 0 Å². The van der Waals surface area contributed by atoms with Crippen LogP contribution in [0.4, 0.5) is 18.9 Å². The van der Waals surface area contributed by atoms with E-state index in [1.54, 1.807) is 0 Å². The molecule has 0 spiro atoms. The van der Waals surface area contributed by atoms with Crippen molar-refractivity contribution in [3.05, 3.63) is 29.8 Å². The number of unbranched alkanes of at least 4 members (excludes halogenated alkanes) is 1. The van der Waals surface area contributed by atoms with E-state index in [1.165, 1.54) is 37.5 Å². The number of carbonyl (C=O) groups excluding carboxylic acids is 1. The number of amides is 1. The minimum atomic E-state index is -4.46. The number of anilines is 1. The summed E-state index contributed by atoms with van der Waals surface area (Å²) >= 11 is 0. The highest BCUT2D eigenvalue weighted by molar-refractivity contribution is 5.93. The van der Waals surface area contributed by atoms with Gasteiger partial charge in [-0.2, -0.15) is 13.2 Å². The van der Waals surface area contributed by atoms with E-state index in [4.69, 9.17) is 0 Å². The van der Waals surface area contributed by atoms with Gasteiger partial charge in [-0.15, -0.1) is 0 Å². The molecule has 1 aromatic rings. The zero-order valence-electron chi connectivity index (χ0n) is 13.5. The smallest absolute Gasteiger partial charge is 0.325 e. The molecule has 1 aromatic carbocycles. The Kier molecular flexibility index (Phi) is 6.08. The molecule has 1 fully saturated rings. The standard InChI is InChI=1S/C18H24F3NO/c1-2-3-6-13-9-11-14(12-10-13)17(23)22-16-8-5-4-7-15(16)18(19,20)21/h4-5,7-8,13-14H,2-3,6,9-12H2,1H3,(H,22,23). The van der Waals surface area contributed by atoms with Crippen molar-refractivity contribution in [2.75, 3.05) is 5.32 Å². The molecule has 128 valence electrons. The van der Waals surface area contributed by atoms with Crippen LogP contribution in [0.3, 0.4) is 0 Å². The average molecular weight is 327 g/mol. The van der Waals surface area contributed by atoms with Gasteiger partial charge in [-0.1, -0.05) is 38.3 Å². The van der Waals surface area contributed by atoms with Crippen molar-refractivity contribution in [3.63, 3.8) is 0 Å². The first-order valence-corrected chi connectivity index (χ1v) is 8.39. The van der Waals surface area contributed by atoms with Gasteiger partial charge in [0, 0.05) is 5.92 Å². The maximum atomic E-state index is 13.0. The van der Waals surface area contributed by atoms with Gasteiger partial charge in [-0.05, 0) is 43.7 Å². The molecule has 0 atom stereocenters. The molecule has 1 saturated carbocycles. The van der Waals surface area contributed by atoms with Crippen LogP contribution in [0.15, 0.2) is 24.3 Å². The summed E-state index contributed by atoms with van der Waals surface area (Å²) in [5.41, 5.74) is -0.928. The maximum absolute atomic E-state index is 13.0. The third-order valence-corrected chi connectivity index (χ3v) is 4.67. The van der Waals surface area contributed by atoms with E-state index >= 15 is 0 Å². The van der Waals surface area contributed by atoms with Gasteiger partial charge in [0.15, 0.2) is 0 Å². The van der Waals surface area contributed by atoms with Crippen molar-refractivity contribution in [3.8, 4) is 0 Å². The van der Waals surface area contributed by atoms with Crippen molar-refractivity contribution in [2.24, 2.45) is 11.8 Å². The van der Waals surface area contributed by atoms with Crippen LogP contribution in [0, 0.1) is 11.8 Å². The van der Waals surface area contributed by atoms with Gasteiger partial charge in [0.05, 0.1) is 11.3 Å². The van der Waals surface area contributed by atoms with Gasteiger partial charge < -0.3 is 5.32 Å². The van der Waals surface area contributed by atoms with Gasteiger partial charge in [0.1, 0.15) is 0 Å². The summed E-state index contributed by atoms with van der Waals surface area (Å²) < 4.78 is 38.9. The largest absolute Gasteiger partial charge is 0.418 e. The Labute approximate surface area is 135 Å². The molecule has 1 aliphatic carbocycles. The molecule has 0 radical (unpaired) electrons. The van der Waals surface area contributed by atoms with Crippen molar-refractivity contribution in [1.82, 2.24) is 0 Å².